The van der Waals surface area contributed by atoms with E-state index in [1.165, 1.54) is 63.5 Å². The lowest BCUT2D eigenvalue weighted by Crippen LogP contribution is -2.17. The first-order valence-electron chi connectivity index (χ1n) is 9.42. The van der Waals surface area contributed by atoms with Crippen LogP contribution in [0, 0.1) is 11.8 Å². The van der Waals surface area contributed by atoms with Crippen molar-refractivity contribution < 1.29 is 17.9 Å². The summed E-state index contributed by atoms with van der Waals surface area (Å²) in [5.74, 6) is 1.31. The largest absolute Gasteiger partial charge is 0.573 e. The van der Waals surface area contributed by atoms with E-state index >= 15 is 0 Å². The molecule has 0 spiro atoms. The lowest BCUT2D eigenvalue weighted by atomic mass is 9.79. The zero-order valence-corrected chi connectivity index (χ0v) is 15.2. The Morgan fingerprint density at radius 3 is 2.28 bits per heavy atom. The van der Waals surface area contributed by atoms with Crippen LogP contribution < -0.4 is 4.74 Å². The van der Waals surface area contributed by atoms with E-state index in [2.05, 4.69) is 17.7 Å². The molecule has 25 heavy (non-hydrogen) atoms. The molecule has 1 saturated carbocycles. The number of allylic oxidation sites excluding steroid dienone is 2. The number of rotatable bonds is 7. The van der Waals surface area contributed by atoms with E-state index in [0.29, 0.717) is 5.92 Å². The third kappa shape index (κ3) is 7.13. The lowest BCUT2D eigenvalue weighted by Gasteiger charge is -2.27. The molecule has 0 bridgehead atoms. The molecule has 2 rings (SSSR count). The summed E-state index contributed by atoms with van der Waals surface area (Å²) in [6.45, 7) is 4.28. The van der Waals surface area contributed by atoms with Crippen LogP contribution in [0.15, 0.2) is 30.3 Å². The molecule has 0 saturated heterocycles. The van der Waals surface area contributed by atoms with Crippen molar-refractivity contribution in [2.45, 2.75) is 71.6 Å². The highest BCUT2D eigenvalue weighted by atomic mass is 19.4. The summed E-state index contributed by atoms with van der Waals surface area (Å²) in [6.07, 6.45) is 8.05. The van der Waals surface area contributed by atoms with E-state index in [1.807, 2.05) is 6.92 Å². The number of ether oxygens (including phenoxy) is 1. The number of hydrogen-bond donors (Lipinski definition) is 0. The summed E-state index contributed by atoms with van der Waals surface area (Å²) in [7, 11) is 0. The maximum absolute atomic E-state index is 12.2. The van der Waals surface area contributed by atoms with Crippen LogP contribution in [0.25, 0.3) is 5.57 Å². The first kappa shape index (κ1) is 19.9. The van der Waals surface area contributed by atoms with Crippen LogP contribution in [0.1, 0.15) is 70.8 Å². The summed E-state index contributed by atoms with van der Waals surface area (Å²) < 4.78 is 40.5. The van der Waals surface area contributed by atoms with Gasteiger partial charge in [-0.15, -0.1) is 13.2 Å². The van der Waals surface area contributed by atoms with Gasteiger partial charge in [0.05, 0.1) is 0 Å². The fraction of sp³-hybridized carbons (Fsp3) is 0.619. The van der Waals surface area contributed by atoms with Crippen molar-refractivity contribution in [2.75, 3.05) is 0 Å². The minimum Gasteiger partial charge on any atom is -0.406 e. The Labute approximate surface area is 149 Å². The zero-order valence-electron chi connectivity index (χ0n) is 15.2. The molecular weight excluding hydrogens is 325 g/mol. The van der Waals surface area contributed by atoms with Gasteiger partial charge in [0.15, 0.2) is 0 Å². The molecule has 1 aromatic rings. The standard InChI is InChI=1S/C21H29F3O/c1-3-4-5-6-17-7-9-18(10-8-17)15-16(2)19-11-13-20(14-12-19)25-21(22,23)24/h11-15,17-18H,3-10H2,1-2H3. The molecule has 1 aromatic carbocycles. The van der Waals surface area contributed by atoms with E-state index < -0.39 is 6.36 Å². The van der Waals surface area contributed by atoms with Crippen LogP contribution in [-0.4, -0.2) is 6.36 Å². The average molecular weight is 354 g/mol. The van der Waals surface area contributed by atoms with E-state index in [4.69, 9.17) is 0 Å². The summed E-state index contributed by atoms with van der Waals surface area (Å²) in [5.41, 5.74) is 2.09. The van der Waals surface area contributed by atoms with Crippen molar-refractivity contribution >= 4 is 5.57 Å². The summed E-state index contributed by atoms with van der Waals surface area (Å²) >= 11 is 0. The van der Waals surface area contributed by atoms with Crippen LogP contribution in [0.4, 0.5) is 13.2 Å². The SMILES string of the molecule is CCCCCC1CCC(C=C(C)c2ccc(OC(F)(F)F)cc2)CC1. The Bertz CT molecular complexity index is 537. The molecule has 0 unspecified atom stereocenters. The quantitative estimate of drug-likeness (QED) is 0.464. The molecule has 1 fully saturated rings. The van der Waals surface area contributed by atoms with Crippen molar-refractivity contribution in [3.05, 3.63) is 35.9 Å². The van der Waals surface area contributed by atoms with E-state index in [0.717, 1.165) is 17.1 Å². The Morgan fingerprint density at radius 1 is 1.08 bits per heavy atom. The van der Waals surface area contributed by atoms with E-state index in [9.17, 15) is 13.2 Å². The van der Waals surface area contributed by atoms with Crippen molar-refractivity contribution in [1.29, 1.82) is 0 Å². The lowest BCUT2D eigenvalue weighted by molar-refractivity contribution is -0.274. The molecule has 1 aliphatic rings. The topological polar surface area (TPSA) is 9.23 Å². The van der Waals surface area contributed by atoms with E-state index in [-0.39, 0.29) is 5.75 Å². The van der Waals surface area contributed by atoms with Gasteiger partial charge in [-0.1, -0.05) is 50.8 Å². The highest BCUT2D eigenvalue weighted by Gasteiger charge is 2.31. The summed E-state index contributed by atoms with van der Waals surface area (Å²) in [4.78, 5) is 0. The fourth-order valence-electron chi connectivity index (χ4n) is 3.70. The predicted molar refractivity (Wildman–Crippen MR) is 96.4 cm³/mol. The van der Waals surface area contributed by atoms with Crippen LogP contribution >= 0.6 is 0 Å². The molecule has 0 aliphatic heterocycles. The monoisotopic (exact) mass is 354 g/mol. The maximum Gasteiger partial charge on any atom is 0.573 e. The van der Waals surface area contributed by atoms with Gasteiger partial charge >= 0.3 is 6.36 Å². The Morgan fingerprint density at radius 2 is 1.72 bits per heavy atom. The molecular formula is C21H29F3O. The second-order valence-electron chi connectivity index (χ2n) is 7.20. The van der Waals surface area contributed by atoms with Crippen LogP contribution in [0.3, 0.4) is 0 Å². The van der Waals surface area contributed by atoms with Gasteiger partial charge in [-0.3, -0.25) is 0 Å². The smallest absolute Gasteiger partial charge is 0.406 e. The minimum absolute atomic E-state index is 0.170. The van der Waals surface area contributed by atoms with Gasteiger partial charge in [0.25, 0.3) is 0 Å². The number of halogens is 3. The number of hydrogen-bond acceptors (Lipinski definition) is 1. The van der Waals surface area contributed by atoms with Crippen molar-refractivity contribution in [3.63, 3.8) is 0 Å². The summed E-state index contributed by atoms with van der Waals surface area (Å²) in [6, 6.07) is 6.15. The number of benzene rings is 1. The molecule has 0 atom stereocenters. The predicted octanol–water partition coefficient (Wildman–Crippen LogP) is 7.38. The highest BCUT2D eigenvalue weighted by molar-refractivity contribution is 5.64. The van der Waals surface area contributed by atoms with Crippen LogP contribution in [-0.2, 0) is 0 Å². The molecule has 0 radical (unpaired) electrons. The third-order valence-electron chi connectivity index (χ3n) is 5.14. The highest BCUT2D eigenvalue weighted by Crippen LogP contribution is 2.34. The van der Waals surface area contributed by atoms with Crippen molar-refractivity contribution in [1.82, 2.24) is 0 Å². The number of alkyl halides is 3. The summed E-state index contributed by atoms with van der Waals surface area (Å²) in [5, 5.41) is 0. The normalized spacial score (nSPS) is 22.0. The van der Waals surface area contributed by atoms with Gasteiger partial charge in [-0.2, -0.15) is 0 Å². The second kappa shape index (κ2) is 9.30. The zero-order chi connectivity index (χ0) is 18.3. The Balaban J connectivity index is 1.85. The molecule has 0 N–H and O–H groups in total. The van der Waals surface area contributed by atoms with Crippen molar-refractivity contribution in [2.24, 2.45) is 11.8 Å². The first-order chi connectivity index (χ1) is 11.9. The van der Waals surface area contributed by atoms with Crippen molar-refractivity contribution in [3.8, 4) is 5.75 Å². The molecule has 0 amide bonds. The van der Waals surface area contributed by atoms with Crippen LogP contribution in [0.5, 0.6) is 5.75 Å². The third-order valence-corrected chi connectivity index (χ3v) is 5.14. The second-order valence-corrected chi connectivity index (χ2v) is 7.20. The molecule has 1 nitrogen and oxygen atoms in total. The maximum atomic E-state index is 12.2. The first-order valence-corrected chi connectivity index (χ1v) is 9.42. The van der Waals surface area contributed by atoms with Gasteiger partial charge in [0.2, 0.25) is 0 Å². The van der Waals surface area contributed by atoms with Gasteiger partial charge < -0.3 is 4.74 Å². The minimum atomic E-state index is -4.64. The molecule has 4 heteroatoms. The molecule has 0 heterocycles. The van der Waals surface area contributed by atoms with Gasteiger partial charge in [-0.25, -0.2) is 0 Å². The van der Waals surface area contributed by atoms with Gasteiger partial charge in [0, 0.05) is 0 Å². The Kier molecular flexibility index (Phi) is 7.39. The molecule has 0 aromatic heterocycles. The fourth-order valence-corrected chi connectivity index (χ4v) is 3.70. The van der Waals surface area contributed by atoms with Gasteiger partial charge in [-0.05, 0) is 67.7 Å². The number of unbranched alkanes of at least 4 members (excludes halogenated alkanes) is 2. The Hall–Kier alpha value is -1.45. The van der Waals surface area contributed by atoms with Gasteiger partial charge in [0.1, 0.15) is 5.75 Å². The average Bonchev–Trinajstić information content (AvgIpc) is 2.56. The molecule has 140 valence electrons. The van der Waals surface area contributed by atoms with Crippen LogP contribution in [0.2, 0.25) is 0 Å². The van der Waals surface area contributed by atoms with E-state index in [1.54, 1.807) is 12.1 Å². The molecule has 1 aliphatic carbocycles.